The highest BCUT2D eigenvalue weighted by Gasteiger charge is 2.64. The van der Waals surface area contributed by atoms with Gasteiger partial charge in [-0.1, -0.05) is 18.9 Å². The molecule has 0 aromatic heterocycles. The summed E-state index contributed by atoms with van der Waals surface area (Å²) < 4.78 is 11.6. The van der Waals surface area contributed by atoms with E-state index in [1.807, 2.05) is 0 Å². The van der Waals surface area contributed by atoms with Crippen LogP contribution in [0.4, 0.5) is 0 Å². The molecule has 0 spiro atoms. The Kier molecular flexibility index (Phi) is 4.65. The Morgan fingerprint density at radius 2 is 2.11 bits per heavy atom. The van der Waals surface area contributed by atoms with Gasteiger partial charge in [0.05, 0.1) is 12.4 Å². The van der Waals surface area contributed by atoms with Crippen molar-refractivity contribution in [2.24, 2.45) is 29.1 Å². The first-order valence-corrected chi connectivity index (χ1v) is 10.6. The summed E-state index contributed by atoms with van der Waals surface area (Å²) in [4.78, 5) is 11.8. The third kappa shape index (κ3) is 2.75. The van der Waals surface area contributed by atoms with Gasteiger partial charge in [-0.05, 0) is 80.8 Å². The molecule has 3 heteroatoms. The zero-order valence-corrected chi connectivity index (χ0v) is 16.9. The first-order chi connectivity index (χ1) is 12.9. The van der Waals surface area contributed by atoms with Gasteiger partial charge in [-0.15, -0.1) is 6.42 Å². The molecule has 0 unspecified atom stereocenters. The first-order valence-electron chi connectivity index (χ1n) is 10.6. The minimum Gasteiger partial charge on any atom is -0.498 e. The zero-order valence-electron chi connectivity index (χ0n) is 16.9. The van der Waals surface area contributed by atoms with Crippen molar-refractivity contribution in [2.75, 3.05) is 6.61 Å². The second-order valence-electron chi connectivity index (χ2n) is 9.12. The molecule has 6 atom stereocenters. The standard InChI is InChI=1S/C24H32O3/c1-5-24(27-16(3)25)14-12-22-21-9-7-17-15-18(26-6-2)8-10-19(17)20(21)11-13-23(22,24)4/h1,7,15,19-22H,6,8-14H2,2-4H3/t19-,20+,21+,22-,23-,24+/m0/s1. The Balaban J connectivity index is 1.62. The van der Waals surface area contributed by atoms with Gasteiger partial charge in [0.15, 0.2) is 5.60 Å². The Bertz CT molecular complexity index is 726. The molecule has 2 fully saturated rings. The molecule has 2 saturated carbocycles. The molecular formula is C24H32O3. The number of carbonyl (C=O) groups excluding carboxylic acids is 1. The van der Waals surface area contributed by atoms with E-state index < -0.39 is 5.60 Å². The molecular weight excluding hydrogens is 336 g/mol. The second kappa shape index (κ2) is 6.73. The molecule has 27 heavy (non-hydrogen) atoms. The number of ether oxygens (including phenoxy) is 2. The number of carbonyl (C=O) groups is 1. The molecule has 4 rings (SSSR count). The van der Waals surface area contributed by atoms with Crippen LogP contribution in [0.3, 0.4) is 0 Å². The van der Waals surface area contributed by atoms with Crippen molar-refractivity contribution in [3.63, 3.8) is 0 Å². The van der Waals surface area contributed by atoms with Gasteiger partial charge in [0.1, 0.15) is 0 Å². The summed E-state index contributed by atoms with van der Waals surface area (Å²) in [5.41, 5.74) is 0.685. The van der Waals surface area contributed by atoms with E-state index >= 15 is 0 Å². The van der Waals surface area contributed by atoms with Crippen LogP contribution >= 0.6 is 0 Å². The Labute approximate surface area is 163 Å². The van der Waals surface area contributed by atoms with Crippen molar-refractivity contribution in [2.45, 2.75) is 71.3 Å². The van der Waals surface area contributed by atoms with E-state index in [0.717, 1.165) is 50.4 Å². The Morgan fingerprint density at radius 3 is 2.81 bits per heavy atom. The molecule has 3 nitrogen and oxygen atoms in total. The van der Waals surface area contributed by atoms with Crippen molar-refractivity contribution < 1.29 is 14.3 Å². The van der Waals surface area contributed by atoms with Crippen LogP contribution in [0.25, 0.3) is 0 Å². The van der Waals surface area contributed by atoms with Gasteiger partial charge in [-0.3, -0.25) is 4.79 Å². The van der Waals surface area contributed by atoms with Crippen LogP contribution in [-0.2, 0) is 14.3 Å². The predicted octanol–water partition coefficient (Wildman–Crippen LogP) is 5.02. The fraction of sp³-hybridized carbons (Fsp3) is 0.708. The first kappa shape index (κ1) is 18.7. The average Bonchev–Trinajstić information content (AvgIpc) is 2.94. The second-order valence-corrected chi connectivity index (χ2v) is 9.12. The molecule has 4 aliphatic carbocycles. The molecule has 0 aromatic carbocycles. The molecule has 0 saturated heterocycles. The Morgan fingerprint density at radius 1 is 1.30 bits per heavy atom. The van der Waals surface area contributed by atoms with Crippen molar-refractivity contribution in [1.29, 1.82) is 0 Å². The summed E-state index contributed by atoms with van der Waals surface area (Å²) in [5, 5.41) is 0. The number of esters is 1. The highest BCUT2D eigenvalue weighted by Crippen LogP contribution is 2.65. The number of hydrogen-bond donors (Lipinski definition) is 0. The van der Waals surface area contributed by atoms with Crippen molar-refractivity contribution in [3.05, 3.63) is 23.5 Å². The maximum atomic E-state index is 11.8. The van der Waals surface area contributed by atoms with Crippen LogP contribution in [0, 0.1) is 41.4 Å². The lowest BCUT2D eigenvalue weighted by molar-refractivity contribution is -0.167. The zero-order chi connectivity index (χ0) is 19.2. The fourth-order valence-corrected chi connectivity index (χ4v) is 6.91. The summed E-state index contributed by atoms with van der Waals surface area (Å²) in [5.74, 6) is 6.43. The summed E-state index contributed by atoms with van der Waals surface area (Å²) in [6, 6.07) is 0. The molecule has 0 aromatic rings. The van der Waals surface area contributed by atoms with Crippen LogP contribution in [0.1, 0.15) is 65.7 Å². The normalized spacial score (nSPS) is 42.6. The lowest BCUT2D eigenvalue weighted by Crippen LogP contribution is -2.53. The number of rotatable bonds is 3. The third-order valence-corrected chi connectivity index (χ3v) is 8.09. The van der Waals surface area contributed by atoms with E-state index in [2.05, 4.69) is 31.9 Å². The highest BCUT2D eigenvalue weighted by atomic mass is 16.6. The lowest BCUT2D eigenvalue weighted by atomic mass is 9.51. The van der Waals surface area contributed by atoms with Gasteiger partial charge in [0, 0.05) is 18.8 Å². The van der Waals surface area contributed by atoms with Crippen molar-refractivity contribution >= 4 is 5.97 Å². The van der Waals surface area contributed by atoms with Crippen molar-refractivity contribution in [3.8, 4) is 12.3 Å². The predicted molar refractivity (Wildman–Crippen MR) is 106 cm³/mol. The Hall–Kier alpha value is -1.69. The van der Waals surface area contributed by atoms with Gasteiger partial charge >= 0.3 is 5.97 Å². The van der Waals surface area contributed by atoms with Crippen LogP contribution in [0.2, 0.25) is 0 Å². The molecule has 146 valence electrons. The summed E-state index contributed by atoms with van der Waals surface area (Å²) in [6.07, 6.45) is 18.2. The number of hydrogen-bond acceptors (Lipinski definition) is 3. The molecule has 0 aliphatic heterocycles. The summed E-state index contributed by atoms with van der Waals surface area (Å²) in [6.45, 7) is 6.58. The topological polar surface area (TPSA) is 35.5 Å². The summed E-state index contributed by atoms with van der Waals surface area (Å²) in [7, 11) is 0. The third-order valence-electron chi connectivity index (χ3n) is 8.09. The van der Waals surface area contributed by atoms with E-state index in [1.54, 1.807) is 0 Å². The van der Waals surface area contributed by atoms with Gasteiger partial charge < -0.3 is 9.47 Å². The smallest absolute Gasteiger partial charge is 0.304 e. The van der Waals surface area contributed by atoms with Gasteiger partial charge in [-0.2, -0.15) is 0 Å². The van der Waals surface area contributed by atoms with Crippen LogP contribution in [0.15, 0.2) is 23.5 Å². The fourth-order valence-electron chi connectivity index (χ4n) is 6.91. The van der Waals surface area contributed by atoms with E-state index in [9.17, 15) is 4.79 Å². The number of fused-ring (bicyclic) bond motifs is 5. The number of terminal acetylenes is 1. The molecule has 0 bridgehead atoms. The molecule has 4 aliphatic rings. The lowest BCUT2D eigenvalue weighted by Gasteiger charge is -2.54. The molecule has 0 heterocycles. The number of allylic oxidation sites excluding steroid dienone is 4. The molecule has 0 N–H and O–H groups in total. The molecule has 0 radical (unpaired) electrons. The monoisotopic (exact) mass is 368 g/mol. The largest absolute Gasteiger partial charge is 0.498 e. The SMILES string of the molecule is C#C[C@@]1(OC(C)=O)CC[C@H]2[C@@H]3CC=C4C=C(OCC)CC[C@@H]4[C@H]3CC[C@@]21C. The van der Waals surface area contributed by atoms with E-state index in [-0.39, 0.29) is 11.4 Å². The van der Waals surface area contributed by atoms with Crippen LogP contribution < -0.4 is 0 Å². The van der Waals surface area contributed by atoms with Crippen molar-refractivity contribution in [1.82, 2.24) is 0 Å². The van der Waals surface area contributed by atoms with Gasteiger partial charge in [0.25, 0.3) is 0 Å². The van der Waals surface area contributed by atoms with Gasteiger partial charge in [-0.25, -0.2) is 0 Å². The maximum absolute atomic E-state index is 11.8. The van der Waals surface area contributed by atoms with E-state index in [0.29, 0.717) is 17.8 Å². The summed E-state index contributed by atoms with van der Waals surface area (Å²) >= 11 is 0. The minimum atomic E-state index is -0.715. The maximum Gasteiger partial charge on any atom is 0.304 e. The van der Waals surface area contributed by atoms with Gasteiger partial charge in [0.2, 0.25) is 0 Å². The highest BCUT2D eigenvalue weighted by molar-refractivity contribution is 5.67. The van der Waals surface area contributed by atoms with E-state index in [1.165, 1.54) is 25.3 Å². The molecule has 0 amide bonds. The van der Waals surface area contributed by atoms with E-state index in [4.69, 9.17) is 15.9 Å². The van der Waals surface area contributed by atoms with Crippen LogP contribution in [0.5, 0.6) is 0 Å². The average molecular weight is 369 g/mol. The quantitative estimate of drug-likeness (QED) is 0.518. The minimum absolute atomic E-state index is 0.0963. The van der Waals surface area contributed by atoms with Crippen LogP contribution in [-0.4, -0.2) is 18.2 Å².